The van der Waals surface area contributed by atoms with E-state index < -0.39 is 5.97 Å². The number of hydrogen-bond donors (Lipinski definition) is 0. The number of hydrogen-bond acceptors (Lipinski definition) is 4. The minimum atomic E-state index is -1.07. The van der Waals surface area contributed by atoms with E-state index >= 15 is 0 Å². The van der Waals surface area contributed by atoms with Gasteiger partial charge in [-0.05, 0) is 18.2 Å². The highest BCUT2D eigenvalue weighted by atomic mass is 16.4. The molecular weight excluding hydrogens is 278 g/mol. The van der Waals surface area contributed by atoms with Crippen molar-refractivity contribution < 1.29 is 9.90 Å². The van der Waals surface area contributed by atoms with Gasteiger partial charge in [-0.25, -0.2) is 9.97 Å². The Hall–Kier alpha value is -2.95. The molecule has 0 saturated heterocycles. The summed E-state index contributed by atoms with van der Waals surface area (Å²) in [6.07, 6.45) is -0.0533. The van der Waals surface area contributed by atoms with Gasteiger partial charge in [-0.1, -0.05) is 30.3 Å². The fourth-order valence-electron chi connectivity index (χ4n) is 2.81. The van der Waals surface area contributed by atoms with Crippen molar-refractivity contribution in [2.24, 2.45) is 0 Å². The van der Waals surface area contributed by atoms with Crippen LogP contribution in [0.2, 0.25) is 0 Å². The van der Waals surface area contributed by atoms with Gasteiger partial charge in [0.2, 0.25) is 0 Å². The van der Waals surface area contributed by atoms with Crippen LogP contribution in [0.15, 0.2) is 48.5 Å². The van der Waals surface area contributed by atoms with Gasteiger partial charge in [-0.3, -0.25) is 0 Å². The Morgan fingerprint density at radius 2 is 1.68 bits per heavy atom. The number of carboxylic acids is 1. The Balaban J connectivity index is 2.08. The highest BCUT2D eigenvalue weighted by Gasteiger charge is 2.13. The lowest BCUT2D eigenvalue weighted by atomic mass is 10.2. The van der Waals surface area contributed by atoms with E-state index in [1.165, 1.54) is 0 Å². The monoisotopic (exact) mass is 290 g/mol. The number of benzene rings is 2. The Kier molecular flexibility index (Phi) is 2.79. The third-order valence-corrected chi connectivity index (χ3v) is 3.80. The summed E-state index contributed by atoms with van der Waals surface area (Å²) < 4.78 is 1.90. The number of aliphatic carboxylic acids is 1. The second-order valence-corrected chi connectivity index (χ2v) is 5.18. The summed E-state index contributed by atoms with van der Waals surface area (Å²) in [7, 11) is 0. The van der Waals surface area contributed by atoms with Gasteiger partial charge in [0.05, 0.1) is 16.6 Å². The molecule has 0 unspecified atom stereocenters. The molecule has 0 atom stereocenters. The van der Waals surface area contributed by atoms with E-state index in [0.717, 1.165) is 27.5 Å². The van der Waals surface area contributed by atoms with Crippen LogP contribution in [0, 0.1) is 0 Å². The van der Waals surface area contributed by atoms with Crippen LogP contribution in [0.25, 0.3) is 33.1 Å². The van der Waals surface area contributed by atoms with Crippen LogP contribution in [0.3, 0.4) is 0 Å². The standard InChI is InChI=1S/C17H13N3O2/c21-15(22)9-10-20-14-8-4-1-5-11(14)16-17(20)19-13-7-3-2-6-12(13)18-16/h1-8H,9-10H2,(H,21,22)/p-1. The summed E-state index contributed by atoms with van der Waals surface area (Å²) in [5, 5.41) is 11.8. The van der Waals surface area contributed by atoms with E-state index in [4.69, 9.17) is 4.98 Å². The SMILES string of the molecule is O=C([O-])CCn1c2ccccc2c2nc3ccccc3nc21. The summed E-state index contributed by atoms with van der Waals surface area (Å²) >= 11 is 0. The Labute approximate surface area is 125 Å². The first-order chi connectivity index (χ1) is 10.7. The van der Waals surface area contributed by atoms with E-state index in [9.17, 15) is 9.90 Å². The Morgan fingerprint density at radius 3 is 2.45 bits per heavy atom. The molecule has 0 saturated carbocycles. The fourth-order valence-corrected chi connectivity index (χ4v) is 2.81. The number of nitrogens with zero attached hydrogens (tertiary/aromatic N) is 3. The molecule has 2 aromatic carbocycles. The molecule has 0 fully saturated rings. The van der Waals surface area contributed by atoms with Crippen molar-refractivity contribution >= 4 is 39.1 Å². The largest absolute Gasteiger partial charge is 0.550 e. The normalized spacial score (nSPS) is 11.5. The highest BCUT2D eigenvalue weighted by Crippen LogP contribution is 2.28. The van der Waals surface area contributed by atoms with Crippen molar-refractivity contribution in [1.82, 2.24) is 14.5 Å². The topological polar surface area (TPSA) is 70.8 Å². The molecule has 0 radical (unpaired) electrons. The van der Waals surface area contributed by atoms with Crippen molar-refractivity contribution in [3.05, 3.63) is 48.5 Å². The second-order valence-electron chi connectivity index (χ2n) is 5.18. The van der Waals surface area contributed by atoms with E-state index in [2.05, 4.69) is 4.98 Å². The fraction of sp³-hybridized carbons (Fsp3) is 0.118. The predicted octanol–water partition coefficient (Wildman–Crippen LogP) is 1.88. The predicted molar refractivity (Wildman–Crippen MR) is 82.2 cm³/mol. The summed E-state index contributed by atoms with van der Waals surface area (Å²) in [5.74, 6) is -1.07. The molecule has 2 heterocycles. The highest BCUT2D eigenvalue weighted by molar-refractivity contribution is 6.06. The van der Waals surface area contributed by atoms with Crippen LogP contribution in [0.5, 0.6) is 0 Å². The lowest BCUT2D eigenvalue weighted by Crippen LogP contribution is -2.23. The molecule has 5 heteroatoms. The maximum Gasteiger partial charge on any atom is 0.160 e. The maximum atomic E-state index is 10.8. The number of para-hydroxylation sites is 3. The van der Waals surface area contributed by atoms with Gasteiger partial charge in [0.25, 0.3) is 0 Å². The zero-order valence-electron chi connectivity index (χ0n) is 11.7. The van der Waals surface area contributed by atoms with Crippen LogP contribution in [0.4, 0.5) is 0 Å². The van der Waals surface area contributed by atoms with Gasteiger partial charge in [0, 0.05) is 24.3 Å². The first kappa shape index (κ1) is 12.8. The third-order valence-electron chi connectivity index (χ3n) is 3.80. The lowest BCUT2D eigenvalue weighted by molar-refractivity contribution is -0.305. The minimum absolute atomic E-state index is 0.0533. The Bertz CT molecular complexity index is 1020. The van der Waals surface area contributed by atoms with Gasteiger partial charge in [-0.2, -0.15) is 0 Å². The van der Waals surface area contributed by atoms with Crippen LogP contribution in [-0.4, -0.2) is 20.5 Å². The molecule has 4 aromatic rings. The molecule has 0 spiro atoms. The van der Waals surface area contributed by atoms with Crippen LogP contribution >= 0.6 is 0 Å². The molecule has 0 aliphatic rings. The molecule has 2 aromatic heterocycles. The summed E-state index contributed by atoms with van der Waals surface area (Å²) in [6.45, 7) is 0.319. The van der Waals surface area contributed by atoms with Gasteiger partial charge in [0.1, 0.15) is 5.52 Å². The molecule has 0 aliphatic carbocycles. The number of aryl methyl sites for hydroxylation is 1. The van der Waals surface area contributed by atoms with E-state index in [-0.39, 0.29) is 6.42 Å². The number of rotatable bonds is 3. The summed E-state index contributed by atoms with van der Waals surface area (Å²) in [5.41, 5.74) is 4.08. The minimum Gasteiger partial charge on any atom is -0.550 e. The lowest BCUT2D eigenvalue weighted by Gasteiger charge is -2.07. The van der Waals surface area contributed by atoms with E-state index in [0.29, 0.717) is 12.2 Å². The van der Waals surface area contributed by atoms with Crippen molar-refractivity contribution in [3.63, 3.8) is 0 Å². The molecule has 0 aliphatic heterocycles. The van der Waals surface area contributed by atoms with E-state index in [1.54, 1.807) is 0 Å². The number of carboxylic acid groups (broad SMARTS) is 1. The average molecular weight is 290 g/mol. The molecule has 22 heavy (non-hydrogen) atoms. The molecule has 0 bridgehead atoms. The van der Waals surface area contributed by atoms with Gasteiger partial charge >= 0.3 is 0 Å². The molecule has 5 nitrogen and oxygen atoms in total. The van der Waals surface area contributed by atoms with Crippen molar-refractivity contribution in [1.29, 1.82) is 0 Å². The summed E-state index contributed by atoms with van der Waals surface area (Å²) in [4.78, 5) is 20.2. The molecular formula is C17H12N3O2-. The molecule has 0 N–H and O–H groups in total. The smallest absolute Gasteiger partial charge is 0.160 e. The second kappa shape index (κ2) is 4.80. The average Bonchev–Trinajstić information content (AvgIpc) is 2.84. The van der Waals surface area contributed by atoms with Gasteiger partial charge in [0.15, 0.2) is 5.65 Å². The zero-order valence-corrected chi connectivity index (χ0v) is 11.7. The van der Waals surface area contributed by atoms with Crippen molar-refractivity contribution in [3.8, 4) is 0 Å². The van der Waals surface area contributed by atoms with Crippen molar-refractivity contribution in [2.75, 3.05) is 0 Å². The van der Waals surface area contributed by atoms with Crippen molar-refractivity contribution in [2.45, 2.75) is 13.0 Å². The van der Waals surface area contributed by atoms with Gasteiger partial charge < -0.3 is 14.5 Å². The van der Waals surface area contributed by atoms with Gasteiger partial charge in [-0.15, -0.1) is 0 Å². The molecule has 108 valence electrons. The molecule has 0 amide bonds. The number of carbonyl (C=O) groups is 1. The maximum absolute atomic E-state index is 10.8. The number of aromatic nitrogens is 3. The number of carbonyl (C=O) groups excluding carboxylic acids is 1. The van der Waals surface area contributed by atoms with Crippen LogP contribution in [0.1, 0.15) is 6.42 Å². The third kappa shape index (κ3) is 1.90. The first-order valence-corrected chi connectivity index (χ1v) is 7.07. The first-order valence-electron chi connectivity index (χ1n) is 7.07. The zero-order chi connectivity index (χ0) is 15.1. The Morgan fingerprint density at radius 1 is 1.00 bits per heavy atom. The van der Waals surface area contributed by atoms with E-state index in [1.807, 2.05) is 53.1 Å². The summed E-state index contributed by atoms with van der Waals surface area (Å²) in [6, 6.07) is 15.5. The van der Waals surface area contributed by atoms with Crippen LogP contribution < -0.4 is 5.11 Å². The number of fused-ring (bicyclic) bond motifs is 4. The molecule has 4 rings (SSSR count). The quantitative estimate of drug-likeness (QED) is 0.577. The van der Waals surface area contributed by atoms with Crippen LogP contribution in [-0.2, 0) is 11.3 Å².